The van der Waals surface area contributed by atoms with Crippen LogP contribution in [-0.4, -0.2) is 9.97 Å². The number of benzene rings is 1. The Morgan fingerprint density at radius 1 is 1.36 bits per heavy atom. The van der Waals surface area contributed by atoms with Crippen LogP contribution < -0.4 is 5.32 Å². The molecule has 3 nitrogen and oxygen atoms in total. The topological polar surface area (TPSA) is 37.8 Å². The van der Waals surface area contributed by atoms with E-state index < -0.39 is 0 Å². The molecule has 1 aromatic carbocycles. The van der Waals surface area contributed by atoms with Crippen molar-refractivity contribution in [3.63, 3.8) is 0 Å². The van der Waals surface area contributed by atoms with Crippen LogP contribution >= 0.6 is 22.9 Å². The fraction of sp³-hybridized carbons (Fsp3) is 0.0588. The fourth-order valence-corrected chi connectivity index (χ4v) is 3.65. The highest BCUT2D eigenvalue weighted by Crippen LogP contribution is 2.38. The van der Waals surface area contributed by atoms with Gasteiger partial charge in [-0.1, -0.05) is 36.9 Å². The van der Waals surface area contributed by atoms with Crippen molar-refractivity contribution in [1.29, 1.82) is 0 Å². The van der Waals surface area contributed by atoms with Gasteiger partial charge >= 0.3 is 0 Å². The molecule has 0 aliphatic heterocycles. The summed E-state index contributed by atoms with van der Waals surface area (Å²) in [7, 11) is 0. The Morgan fingerprint density at radius 3 is 2.91 bits per heavy atom. The first-order valence-corrected chi connectivity index (χ1v) is 7.89. The lowest BCUT2D eigenvalue weighted by Crippen LogP contribution is -1.96. The van der Waals surface area contributed by atoms with Gasteiger partial charge in [-0.05, 0) is 30.7 Å². The number of anilines is 1. The van der Waals surface area contributed by atoms with E-state index in [4.69, 9.17) is 16.6 Å². The second kappa shape index (κ2) is 5.91. The summed E-state index contributed by atoms with van der Waals surface area (Å²) in [6.45, 7) is 9.59. The monoisotopic (exact) mass is 327 g/mol. The van der Waals surface area contributed by atoms with Crippen LogP contribution in [0.25, 0.3) is 20.8 Å². The largest absolute Gasteiger partial charge is 0.340 e. The average Bonchev–Trinajstić information content (AvgIpc) is 2.91. The second-order valence-electron chi connectivity index (χ2n) is 4.81. The third-order valence-electron chi connectivity index (χ3n) is 3.27. The third-order valence-corrected chi connectivity index (χ3v) is 4.68. The zero-order chi connectivity index (χ0) is 15.7. The lowest BCUT2D eigenvalue weighted by molar-refractivity contribution is 1.31. The molecule has 0 aliphatic carbocycles. The van der Waals surface area contributed by atoms with E-state index in [0.29, 0.717) is 10.7 Å². The molecule has 0 amide bonds. The molecule has 110 valence electrons. The Kier molecular flexibility index (Phi) is 3.96. The van der Waals surface area contributed by atoms with Crippen molar-refractivity contribution in [2.75, 3.05) is 5.32 Å². The van der Waals surface area contributed by atoms with E-state index in [-0.39, 0.29) is 0 Å². The van der Waals surface area contributed by atoms with Gasteiger partial charge in [0.1, 0.15) is 10.8 Å². The number of nitrogens with one attached hydrogen (secondary N) is 1. The first-order valence-electron chi connectivity index (χ1n) is 6.69. The number of aromatic nitrogens is 2. The van der Waals surface area contributed by atoms with Gasteiger partial charge in [0.25, 0.3) is 0 Å². The Morgan fingerprint density at radius 2 is 2.18 bits per heavy atom. The molecule has 0 fully saturated rings. The van der Waals surface area contributed by atoms with Gasteiger partial charge in [-0.15, -0.1) is 11.3 Å². The molecule has 0 spiro atoms. The number of halogens is 1. The van der Waals surface area contributed by atoms with Gasteiger partial charge in [0.15, 0.2) is 0 Å². The molecule has 2 aromatic heterocycles. The fourth-order valence-electron chi connectivity index (χ4n) is 2.16. The van der Waals surface area contributed by atoms with Crippen molar-refractivity contribution in [2.45, 2.75) is 6.92 Å². The molecule has 3 rings (SSSR count). The summed E-state index contributed by atoms with van der Waals surface area (Å²) in [6.07, 6.45) is 3.38. The van der Waals surface area contributed by atoms with Crippen molar-refractivity contribution in [3.8, 4) is 10.6 Å². The maximum atomic E-state index is 6.35. The van der Waals surface area contributed by atoms with Crippen LogP contribution in [0.4, 0.5) is 5.82 Å². The summed E-state index contributed by atoms with van der Waals surface area (Å²) in [5, 5.41) is 4.74. The third kappa shape index (κ3) is 2.63. The minimum Gasteiger partial charge on any atom is -0.340 e. The minimum absolute atomic E-state index is 0.698. The maximum absolute atomic E-state index is 6.35. The van der Waals surface area contributed by atoms with Crippen LogP contribution in [0, 0.1) is 6.92 Å². The lowest BCUT2D eigenvalue weighted by Gasteiger charge is -2.04. The van der Waals surface area contributed by atoms with Crippen molar-refractivity contribution >= 4 is 39.0 Å². The molecule has 1 N–H and O–H groups in total. The number of nitrogens with zero attached hydrogens (tertiary/aromatic N) is 2. The van der Waals surface area contributed by atoms with Crippen LogP contribution in [0.15, 0.2) is 55.4 Å². The number of hydrogen-bond donors (Lipinski definition) is 1. The Bertz CT molecular complexity index is 862. The smallest absolute Gasteiger partial charge is 0.150 e. The molecular formula is C17H14ClN3S. The summed E-state index contributed by atoms with van der Waals surface area (Å²) in [6, 6.07) is 7.75. The van der Waals surface area contributed by atoms with E-state index in [1.807, 2.05) is 31.2 Å². The summed E-state index contributed by atoms with van der Waals surface area (Å²) in [5.41, 5.74) is 3.65. The highest BCUT2D eigenvalue weighted by molar-refractivity contribution is 7.22. The zero-order valence-corrected chi connectivity index (χ0v) is 13.6. The SMILES string of the molecule is C=CC(=C)Nc1nccc2nc(-c3c(C)cccc3Cl)sc12. The van der Waals surface area contributed by atoms with E-state index in [0.717, 1.165) is 32.2 Å². The quantitative estimate of drug-likeness (QED) is 0.649. The van der Waals surface area contributed by atoms with Crippen molar-refractivity contribution in [3.05, 3.63) is 66.0 Å². The lowest BCUT2D eigenvalue weighted by atomic mass is 10.1. The van der Waals surface area contributed by atoms with Crippen molar-refractivity contribution in [2.24, 2.45) is 0 Å². The Hall–Kier alpha value is -2.17. The number of allylic oxidation sites excluding steroid dienone is 1. The van der Waals surface area contributed by atoms with E-state index >= 15 is 0 Å². The van der Waals surface area contributed by atoms with Gasteiger partial charge in [0.05, 0.1) is 15.2 Å². The van der Waals surface area contributed by atoms with Gasteiger partial charge in [-0.2, -0.15) is 0 Å². The molecule has 22 heavy (non-hydrogen) atoms. The predicted molar refractivity (Wildman–Crippen MR) is 95.6 cm³/mol. The highest BCUT2D eigenvalue weighted by atomic mass is 35.5. The molecular weight excluding hydrogens is 314 g/mol. The van der Waals surface area contributed by atoms with Crippen LogP contribution in [0.1, 0.15) is 5.56 Å². The second-order valence-corrected chi connectivity index (χ2v) is 6.22. The van der Waals surface area contributed by atoms with Crippen LogP contribution in [-0.2, 0) is 0 Å². The van der Waals surface area contributed by atoms with Crippen LogP contribution in [0.2, 0.25) is 5.02 Å². The Balaban J connectivity index is 2.16. The number of aryl methyl sites for hydroxylation is 1. The number of hydrogen-bond acceptors (Lipinski definition) is 4. The zero-order valence-electron chi connectivity index (χ0n) is 12.1. The molecule has 0 atom stereocenters. The standard InChI is InChI=1S/C17H14ClN3S/c1-4-11(3)20-16-15-13(8-9-19-16)21-17(22-15)14-10(2)6-5-7-12(14)18/h4-9H,1,3H2,2H3,(H,19,20). The highest BCUT2D eigenvalue weighted by Gasteiger charge is 2.14. The molecule has 3 aromatic rings. The minimum atomic E-state index is 0.698. The molecule has 5 heteroatoms. The van der Waals surface area contributed by atoms with Gasteiger partial charge < -0.3 is 5.32 Å². The van der Waals surface area contributed by atoms with E-state index in [2.05, 4.69) is 23.5 Å². The molecule has 2 heterocycles. The van der Waals surface area contributed by atoms with E-state index in [1.54, 1.807) is 23.6 Å². The predicted octanol–water partition coefficient (Wildman–Crippen LogP) is 5.43. The summed E-state index contributed by atoms with van der Waals surface area (Å²) >= 11 is 7.91. The van der Waals surface area contributed by atoms with E-state index in [1.165, 1.54) is 0 Å². The molecule has 0 radical (unpaired) electrons. The average molecular weight is 328 g/mol. The molecule has 0 aliphatic rings. The Labute approximate surface area is 138 Å². The number of pyridine rings is 1. The summed E-state index contributed by atoms with van der Waals surface area (Å²) in [5.74, 6) is 0.732. The molecule has 0 bridgehead atoms. The van der Waals surface area contributed by atoms with Crippen molar-refractivity contribution in [1.82, 2.24) is 9.97 Å². The maximum Gasteiger partial charge on any atom is 0.150 e. The van der Waals surface area contributed by atoms with Crippen LogP contribution in [0.3, 0.4) is 0 Å². The number of rotatable bonds is 4. The molecule has 0 saturated carbocycles. The first kappa shape index (κ1) is 14.8. The van der Waals surface area contributed by atoms with E-state index in [9.17, 15) is 0 Å². The van der Waals surface area contributed by atoms with Gasteiger partial charge in [0, 0.05) is 17.5 Å². The number of thiazole rings is 1. The van der Waals surface area contributed by atoms with Crippen molar-refractivity contribution < 1.29 is 0 Å². The number of fused-ring (bicyclic) bond motifs is 1. The van der Waals surface area contributed by atoms with Crippen LogP contribution in [0.5, 0.6) is 0 Å². The normalized spacial score (nSPS) is 10.6. The summed E-state index contributed by atoms with van der Waals surface area (Å²) < 4.78 is 0.972. The summed E-state index contributed by atoms with van der Waals surface area (Å²) in [4.78, 5) is 9.06. The molecule has 0 unspecified atom stereocenters. The first-order chi connectivity index (χ1) is 10.6. The van der Waals surface area contributed by atoms with Gasteiger partial charge in [0.2, 0.25) is 0 Å². The van der Waals surface area contributed by atoms with Gasteiger partial charge in [-0.25, -0.2) is 9.97 Å². The molecule has 0 saturated heterocycles. The van der Waals surface area contributed by atoms with Gasteiger partial charge in [-0.3, -0.25) is 0 Å².